The standard InChI is InChI=1S/C20H8F10N2O2/c1-33-8-4-6(5-31-32-19-15(27)11(23)9(21)12(24)16(19)28)2-3-7(8)34-20-17(29)13(25)10(22)14(26)18(20)30/h2-5,32H,1H3/b31-5-. The molecule has 0 spiro atoms. The number of anilines is 1. The van der Waals surface area contributed by atoms with E-state index in [1.165, 1.54) is 0 Å². The molecule has 0 aromatic heterocycles. The third kappa shape index (κ3) is 4.30. The number of halogens is 10. The van der Waals surface area contributed by atoms with Crippen LogP contribution < -0.4 is 14.9 Å². The maximum absolute atomic E-state index is 13.8. The van der Waals surface area contributed by atoms with Gasteiger partial charge in [-0.1, -0.05) is 0 Å². The molecular weight excluding hydrogens is 490 g/mol. The van der Waals surface area contributed by atoms with E-state index in [1.807, 2.05) is 0 Å². The minimum absolute atomic E-state index is 0.0259. The molecule has 0 radical (unpaired) electrons. The van der Waals surface area contributed by atoms with Crippen molar-refractivity contribution in [2.45, 2.75) is 0 Å². The van der Waals surface area contributed by atoms with E-state index in [0.29, 0.717) is 0 Å². The largest absolute Gasteiger partial charge is 0.493 e. The van der Waals surface area contributed by atoms with Gasteiger partial charge >= 0.3 is 0 Å². The second-order valence-corrected chi connectivity index (χ2v) is 6.23. The average molecular weight is 498 g/mol. The quantitative estimate of drug-likeness (QED) is 0.142. The lowest BCUT2D eigenvalue weighted by molar-refractivity contribution is 0.321. The summed E-state index contributed by atoms with van der Waals surface area (Å²) in [5.41, 5.74) is 0.233. The van der Waals surface area contributed by atoms with Gasteiger partial charge in [0, 0.05) is 0 Å². The smallest absolute Gasteiger partial charge is 0.207 e. The molecule has 3 aromatic carbocycles. The van der Waals surface area contributed by atoms with Crippen LogP contribution in [0.2, 0.25) is 0 Å². The Hall–Kier alpha value is -3.97. The van der Waals surface area contributed by atoms with Crippen LogP contribution in [0.3, 0.4) is 0 Å². The van der Waals surface area contributed by atoms with Gasteiger partial charge in [-0.2, -0.15) is 13.9 Å². The van der Waals surface area contributed by atoms with E-state index >= 15 is 0 Å². The molecule has 3 rings (SSSR count). The van der Waals surface area contributed by atoms with E-state index in [2.05, 4.69) is 5.10 Å². The number of ether oxygens (including phenoxy) is 2. The Labute approximate surface area is 183 Å². The molecule has 4 nitrogen and oxygen atoms in total. The van der Waals surface area contributed by atoms with Crippen LogP contribution in [0, 0.1) is 58.2 Å². The van der Waals surface area contributed by atoms with E-state index in [-0.39, 0.29) is 11.3 Å². The molecule has 3 aromatic rings. The maximum atomic E-state index is 13.8. The number of benzene rings is 3. The van der Waals surface area contributed by atoms with Crippen LogP contribution in [0.4, 0.5) is 49.6 Å². The zero-order valence-corrected chi connectivity index (χ0v) is 16.4. The summed E-state index contributed by atoms with van der Waals surface area (Å²) in [6, 6.07) is 3.09. The predicted molar refractivity (Wildman–Crippen MR) is 96.7 cm³/mol. The minimum Gasteiger partial charge on any atom is -0.493 e. The highest BCUT2D eigenvalue weighted by molar-refractivity contribution is 5.81. The van der Waals surface area contributed by atoms with Crippen molar-refractivity contribution in [2.75, 3.05) is 12.5 Å². The van der Waals surface area contributed by atoms with Crippen molar-refractivity contribution in [1.82, 2.24) is 0 Å². The first kappa shape index (κ1) is 24.7. The molecule has 0 aliphatic rings. The topological polar surface area (TPSA) is 42.8 Å². The molecule has 1 N–H and O–H groups in total. The number of nitrogens with zero attached hydrogens (tertiary/aromatic N) is 1. The first-order valence-corrected chi connectivity index (χ1v) is 8.67. The number of rotatable bonds is 6. The van der Waals surface area contributed by atoms with Gasteiger partial charge < -0.3 is 9.47 Å². The van der Waals surface area contributed by atoms with Gasteiger partial charge in [-0.3, -0.25) is 5.43 Å². The van der Waals surface area contributed by atoms with Crippen molar-refractivity contribution in [3.8, 4) is 17.2 Å². The molecule has 0 aliphatic heterocycles. The highest BCUT2D eigenvalue weighted by atomic mass is 19.2. The summed E-state index contributed by atoms with van der Waals surface area (Å²) in [4.78, 5) is 0. The number of hydrogen-bond acceptors (Lipinski definition) is 4. The Bertz CT molecular complexity index is 1260. The lowest BCUT2D eigenvalue weighted by Crippen LogP contribution is -2.06. The normalized spacial score (nSPS) is 11.3. The molecule has 0 aliphatic carbocycles. The molecule has 0 bridgehead atoms. The molecule has 0 saturated heterocycles. The van der Waals surface area contributed by atoms with E-state index in [4.69, 9.17) is 9.47 Å². The third-order valence-electron chi connectivity index (χ3n) is 4.17. The lowest BCUT2D eigenvalue weighted by atomic mass is 10.2. The monoisotopic (exact) mass is 498 g/mol. The Morgan fingerprint density at radius 2 is 1.12 bits per heavy atom. The van der Waals surface area contributed by atoms with E-state index < -0.39 is 75.4 Å². The predicted octanol–water partition coefficient (Wildman–Crippen LogP) is 6.32. The SMILES string of the molecule is COc1cc(/C=N\Nc2c(F)c(F)c(F)c(F)c2F)ccc1Oc1c(F)c(F)c(F)c(F)c1F. The fourth-order valence-corrected chi connectivity index (χ4v) is 2.51. The number of methoxy groups -OCH3 is 1. The summed E-state index contributed by atoms with van der Waals surface area (Å²) < 4.78 is 144. The van der Waals surface area contributed by atoms with Crippen LogP contribution >= 0.6 is 0 Å². The molecule has 0 amide bonds. The second-order valence-electron chi connectivity index (χ2n) is 6.23. The van der Waals surface area contributed by atoms with Gasteiger partial charge in [0.25, 0.3) is 0 Å². The van der Waals surface area contributed by atoms with Crippen molar-refractivity contribution in [1.29, 1.82) is 0 Å². The molecule has 0 saturated carbocycles. The Kier molecular flexibility index (Phi) is 6.88. The highest BCUT2D eigenvalue weighted by Gasteiger charge is 2.28. The Morgan fingerprint density at radius 1 is 0.647 bits per heavy atom. The van der Waals surface area contributed by atoms with Crippen molar-refractivity contribution in [2.24, 2.45) is 5.10 Å². The van der Waals surface area contributed by atoms with Crippen LogP contribution in [0.5, 0.6) is 17.2 Å². The average Bonchev–Trinajstić information content (AvgIpc) is 2.84. The lowest BCUT2D eigenvalue weighted by Gasteiger charge is -2.13. The van der Waals surface area contributed by atoms with Gasteiger partial charge in [0.1, 0.15) is 5.69 Å². The van der Waals surface area contributed by atoms with Crippen molar-refractivity contribution >= 4 is 11.9 Å². The van der Waals surface area contributed by atoms with Gasteiger partial charge in [-0.05, 0) is 23.8 Å². The molecule has 0 unspecified atom stereocenters. The zero-order valence-electron chi connectivity index (χ0n) is 16.4. The Morgan fingerprint density at radius 3 is 1.62 bits per heavy atom. The number of hydrogen-bond donors (Lipinski definition) is 1. The van der Waals surface area contributed by atoms with E-state index in [1.54, 1.807) is 5.43 Å². The molecule has 0 heterocycles. The van der Waals surface area contributed by atoms with Crippen molar-refractivity contribution < 1.29 is 53.4 Å². The summed E-state index contributed by atoms with van der Waals surface area (Å²) in [7, 11) is 1.05. The fourth-order valence-electron chi connectivity index (χ4n) is 2.51. The molecule has 34 heavy (non-hydrogen) atoms. The van der Waals surface area contributed by atoms with Gasteiger partial charge in [-0.15, -0.1) is 0 Å². The summed E-state index contributed by atoms with van der Waals surface area (Å²) in [5, 5.41) is 3.33. The van der Waals surface area contributed by atoms with Gasteiger partial charge in [0.05, 0.1) is 13.3 Å². The van der Waals surface area contributed by atoms with Crippen molar-refractivity contribution in [3.05, 3.63) is 81.9 Å². The summed E-state index contributed by atoms with van der Waals surface area (Å²) in [6.45, 7) is 0. The first-order chi connectivity index (χ1) is 16.0. The van der Waals surface area contributed by atoms with Crippen LogP contribution in [0.1, 0.15) is 5.56 Å². The van der Waals surface area contributed by atoms with Crippen LogP contribution in [0.15, 0.2) is 23.3 Å². The zero-order chi connectivity index (χ0) is 25.3. The van der Waals surface area contributed by atoms with Crippen LogP contribution in [-0.2, 0) is 0 Å². The molecule has 14 heteroatoms. The second kappa shape index (κ2) is 9.49. The third-order valence-corrected chi connectivity index (χ3v) is 4.17. The highest BCUT2D eigenvalue weighted by Crippen LogP contribution is 2.37. The van der Waals surface area contributed by atoms with Gasteiger partial charge in [-0.25, -0.2) is 35.1 Å². The van der Waals surface area contributed by atoms with Gasteiger partial charge in [0.15, 0.2) is 34.8 Å². The molecule has 180 valence electrons. The summed E-state index contributed by atoms with van der Waals surface area (Å²) >= 11 is 0. The van der Waals surface area contributed by atoms with Crippen molar-refractivity contribution in [3.63, 3.8) is 0 Å². The first-order valence-electron chi connectivity index (χ1n) is 8.67. The molecule has 0 fully saturated rings. The Balaban J connectivity index is 1.89. The van der Waals surface area contributed by atoms with Crippen LogP contribution in [-0.4, -0.2) is 13.3 Å². The van der Waals surface area contributed by atoms with Gasteiger partial charge in [0.2, 0.25) is 40.7 Å². The minimum atomic E-state index is -2.39. The summed E-state index contributed by atoms with van der Waals surface area (Å²) in [5.74, 6) is -24.9. The van der Waals surface area contributed by atoms with Crippen LogP contribution in [0.25, 0.3) is 0 Å². The fraction of sp³-hybridized carbons (Fsp3) is 0.0500. The number of nitrogens with one attached hydrogen (secondary N) is 1. The van der Waals surface area contributed by atoms with E-state index in [9.17, 15) is 43.9 Å². The molecular formula is C20H8F10N2O2. The van der Waals surface area contributed by atoms with E-state index in [0.717, 1.165) is 31.5 Å². The maximum Gasteiger partial charge on any atom is 0.207 e. The molecule has 0 atom stereocenters. The number of hydrazone groups is 1. The summed E-state index contributed by atoms with van der Waals surface area (Å²) in [6.07, 6.45) is 0.822.